The van der Waals surface area contributed by atoms with Crippen LogP contribution >= 0.6 is 0 Å². The van der Waals surface area contributed by atoms with Gasteiger partial charge in [-0.25, -0.2) is 0 Å². The molecule has 4 rings (SSSR count). The number of H-pyrrole nitrogens is 1. The van der Waals surface area contributed by atoms with Gasteiger partial charge in [0.05, 0.1) is 12.2 Å². The first kappa shape index (κ1) is 16.6. The van der Waals surface area contributed by atoms with Gasteiger partial charge < -0.3 is 9.88 Å². The molecule has 26 heavy (non-hydrogen) atoms. The van der Waals surface area contributed by atoms with Crippen molar-refractivity contribution in [3.63, 3.8) is 0 Å². The molecule has 1 aromatic carbocycles. The molecular weight excluding hydrogens is 324 g/mol. The van der Waals surface area contributed by atoms with E-state index in [9.17, 15) is 4.79 Å². The first-order valence-corrected chi connectivity index (χ1v) is 9.22. The van der Waals surface area contributed by atoms with Gasteiger partial charge in [-0.1, -0.05) is 30.3 Å². The minimum atomic E-state index is 0.180. The number of carbonyl (C=O) groups is 1. The van der Waals surface area contributed by atoms with E-state index < -0.39 is 0 Å². The van der Waals surface area contributed by atoms with E-state index in [1.165, 1.54) is 5.56 Å². The maximum absolute atomic E-state index is 12.8. The fourth-order valence-corrected chi connectivity index (χ4v) is 3.78. The maximum Gasteiger partial charge on any atom is 0.223 e. The zero-order valence-corrected chi connectivity index (χ0v) is 15.1. The number of nitrogens with one attached hydrogen (secondary N) is 1. The highest BCUT2D eigenvalue weighted by Gasteiger charge is 2.30. The Labute approximate surface area is 153 Å². The molecule has 0 saturated carbocycles. The number of aromatic nitrogens is 3. The molecule has 3 aromatic rings. The quantitative estimate of drug-likeness (QED) is 0.764. The summed E-state index contributed by atoms with van der Waals surface area (Å²) in [7, 11) is 1.92. The molecule has 1 N–H and O–H groups in total. The van der Waals surface area contributed by atoms with Gasteiger partial charge in [0.15, 0.2) is 0 Å². The van der Waals surface area contributed by atoms with Crippen LogP contribution in [0, 0.1) is 0 Å². The Kier molecular flexibility index (Phi) is 4.61. The van der Waals surface area contributed by atoms with Crippen LogP contribution in [0.25, 0.3) is 11.3 Å². The Bertz CT molecular complexity index is 880. The standard InChI is InChI=1S/C21H24N4O/c1-24-15-17(14-22-24)20-8-5-13-25(20)21(26)12-10-18-9-11-19(23-18)16-6-3-2-4-7-16/h2-4,6-7,9,11,14-15,20,23H,5,8,10,12-13H2,1H3/t20-/m1/s1. The Morgan fingerprint density at radius 2 is 2.08 bits per heavy atom. The summed E-state index contributed by atoms with van der Waals surface area (Å²) in [5.74, 6) is 0.229. The predicted octanol–water partition coefficient (Wildman–Crippen LogP) is 3.71. The fraction of sp³-hybridized carbons (Fsp3) is 0.333. The highest BCUT2D eigenvalue weighted by Crippen LogP contribution is 2.32. The van der Waals surface area contributed by atoms with Gasteiger partial charge in [-0.3, -0.25) is 9.48 Å². The monoisotopic (exact) mass is 348 g/mol. The Morgan fingerprint density at radius 1 is 1.23 bits per heavy atom. The third-order valence-corrected chi connectivity index (χ3v) is 5.12. The molecule has 5 heteroatoms. The Hall–Kier alpha value is -2.82. The van der Waals surface area contributed by atoms with Gasteiger partial charge >= 0.3 is 0 Å². The zero-order chi connectivity index (χ0) is 17.9. The van der Waals surface area contributed by atoms with Crippen LogP contribution in [0.2, 0.25) is 0 Å². The number of likely N-dealkylation sites (tertiary alicyclic amines) is 1. The topological polar surface area (TPSA) is 53.9 Å². The predicted molar refractivity (Wildman–Crippen MR) is 101 cm³/mol. The van der Waals surface area contributed by atoms with Crippen LogP contribution < -0.4 is 0 Å². The van der Waals surface area contributed by atoms with Crippen molar-refractivity contribution in [1.29, 1.82) is 0 Å². The molecule has 0 bridgehead atoms. The number of amides is 1. The number of rotatable bonds is 5. The third-order valence-electron chi connectivity index (χ3n) is 5.12. The number of aromatic amines is 1. The molecule has 0 unspecified atom stereocenters. The van der Waals surface area contributed by atoms with Crippen molar-refractivity contribution in [2.24, 2.45) is 7.05 Å². The molecule has 1 saturated heterocycles. The van der Waals surface area contributed by atoms with Crippen molar-refractivity contribution in [3.05, 3.63) is 66.1 Å². The number of aryl methyl sites for hydroxylation is 2. The maximum atomic E-state index is 12.8. The summed E-state index contributed by atoms with van der Waals surface area (Å²) in [6, 6.07) is 14.6. The number of benzene rings is 1. The van der Waals surface area contributed by atoms with Crippen LogP contribution in [0.3, 0.4) is 0 Å². The van der Waals surface area contributed by atoms with Gasteiger partial charge in [-0.05, 0) is 37.0 Å². The van der Waals surface area contributed by atoms with E-state index in [1.54, 1.807) is 4.68 Å². The molecule has 5 nitrogen and oxygen atoms in total. The zero-order valence-electron chi connectivity index (χ0n) is 15.1. The molecule has 0 radical (unpaired) electrons. The second-order valence-corrected chi connectivity index (χ2v) is 6.96. The van der Waals surface area contributed by atoms with Gasteiger partial charge in [0.25, 0.3) is 0 Å². The molecule has 1 fully saturated rings. The van der Waals surface area contributed by atoms with E-state index in [0.29, 0.717) is 6.42 Å². The van der Waals surface area contributed by atoms with E-state index in [0.717, 1.165) is 42.8 Å². The van der Waals surface area contributed by atoms with Gasteiger partial charge in [-0.15, -0.1) is 0 Å². The summed E-state index contributed by atoms with van der Waals surface area (Å²) in [6.07, 6.45) is 7.26. The highest BCUT2D eigenvalue weighted by molar-refractivity contribution is 5.77. The average Bonchev–Trinajstić information content (AvgIpc) is 3.40. The minimum absolute atomic E-state index is 0.180. The minimum Gasteiger partial charge on any atom is -0.358 e. The van der Waals surface area contributed by atoms with Gasteiger partial charge in [0, 0.05) is 43.2 Å². The largest absolute Gasteiger partial charge is 0.358 e. The van der Waals surface area contributed by atoms with Crippen LogP contribution in [0.4, 0.5) is 0 Å². The lowest BCUT2D eigenvalue weighted by Crippen LogP contribution is -2.30. The molecule has 0 spiro atoms. The van der Waals surface area contributed by atoms with Crippen LogP contribution in [0.15, 0.2) is 54.9 Å². The van der Waals surface area contributed by atoms with Crippen LogP contribution in [0.1, 0.15) is 36.6 Å². The number of nitrogens with zero attached hydrogens (tertiary/aromatic N) is 3. The van der Waals surface area contributed by atoms with E-state index in [2.05, 4.69) is 34.3 Å². The molecule has 0 aliphatic carbocycles. The number of hydrogen-bond donors (Lipinski definition) is 1. The second kappa shape index (κ2) is 7.20. The molecule has 3 heterocycles. The summed E-state index contributed by atoms with van der Waals surface area (Å²) >= 11 is 0. The molecule has 1 atom stereocenters. The summed E-state index contributed by atoms with van der Waals surface area (Å²) < 4.78 is 1.81. The van der Waals surface area contributed by atoms with Crippen molar-refractivity contribution in [2.45, 2.75) is 31.7 Å². The van der Waals surface area contributed by atoms with Crippen LogP contribution in [-0.4, -0.2) is 32.1 Å². The lowest BCUT2D eigenvalue weighted by Gasteiger charge is -2.23. The first-order valence-electron chi connectivity index (χ1n) is 9.22. The normalized spacial score (nSPS) is 17.0. The Morgan fingerprint density at radius 3 is 2.85 bits per heavy atom. The molecule has 1 aliphatic heterocycles. The number of carbonyl (C=O) groups excluding carboxylic acids is 1. The van der Waals surface area contributed by atoms with Crippen molar-refractivity contribution < 1.29 is 4.79 Å². The van der Waals surface area contributed by atoms with Crippen LogP contribution in [0.5, 0.6) is 0 Å². The highest BCUT2D eigenvalue weighted by atomic mass is 16.2. The van der Waals surface area contributed by atoms with Crippen molar-refractivity contribution in [1.82, 2.24) is 19.7 Å². The number of hydrogen-bond acceptors (Lipinski definition) is 2. The lowest BCUT2D eigenvalue weighted by atomic mass is 10.1. The van der Waals surface area contributed by atoms with Crippen molar-refractivity contribution >= 4 is 5.91 Å². The molecular formula is C21H24N4O. The average molecular weight is 348 g/mol. The van der Waals surface area contributed by atoms with Gasteiger partial charge in [0.1, 0.15) is 0 Å². The van der Waals surface area contributed by atoms with E-state index in [4.69, 9.17) is 0 Å². The van der Waals surface area contributed by atoms with Crippen LogP contribution in [-0.2, 0) is 18.3 Å². The summed E-state index contributed by atoms with van der Waals surface area (Å²) in [6.45, 7) is 0.846. The molecule has 1 aliphatic rings. The Balaban J connectivity index is 1.39. The van der Waals surface area contributed by atoms with Gasteiger partial charge in [-0.2, -0.15) is 5.10 Å². The smallest absolute Gasteiger partial charge is 0.223 e. The summed E-state index contributed by atoms with van der Waals surface area (Å²) in [5.41, 5.74) is 4.52. The van der Waals surface area contributed by atoms with E-state index >= 15 is 0 Å². The SMILES string of the molecule is Cn1cc([C@H]2CCCN2C(=O)CCc2ccc(-c3ccccc3)[nH]2)cn1. The molecule has 134 valence electrons. The molecule has 2 aromatic heterocycles. The van der Waals surface area contributed by atoms with Gasteiger partial charge in [0.2, 0.25) is 5.91 Å². The first-order chi connectivity index (χ1) is 12.7. The second-order valence-electron chi connectivity index (χ2n) is 6.96. The van der Waals surface area contributed by atoms with Crippen molar-refractivity contribution in [2.75, 3.05) is 6.54 Å². The van der Waals surface area contributed by atoms with E-state index in [-0.39, 0.29) is 11.9 Å². The molecule has 1 amide bonds. The summed E-state index contributed by atoms with van der Waals surface area (Å²) in [4.78, 5) is 18.2. The van der Waals surface area contributed by atoms with E-state index in [1.807, 2.05) is 42.5 Å². The fourth-order valence-electron chi connectivity index (χ4n) is 3.78. The third kappa shape index (κ3) is 3.43. The summed E-state index contributed by atoms with van der Waals surface area (Å²) in [5, 5.41) is 4.25. The van der Waals surface area contributed by atoms with Crippen molar-refractivity contribution in [3.8, 4) is 11.3 Å². The lowest BCUT2D eigenvalue weighted by molar-refractivity contribution is -0.132.